The van der Waals surface area contributed by atoms with Crippen molar-refractivity contribution >= 4 is 0 Å². The predicted octanol–water partition coefficient (Wildman–Crippen LogP) is 3.28. The highest BCUT2D eigenvalue weighted by Crippen LogP contribution is 2.36. The van der Waals surface area contributed by atoms with Crippen LogP contribution in [-0.4, -0.2) is 35.7 Å². The summed E-state index contributed by atoms with van der Waals surface area (Å²) in [5.74, 6) is 1.22. The number of fused-ring (bicyclic) bond motifs is 1. The largest absolute Gasteiger partial charge is 0.491 e. The van der Waals surface area contributed by atoms with Crippen molar-refractivity contribution < 1.29 is 9.84 Å². The molecule has 1 N–H and O–H groups in total. The molecule has 21 heavy (non-hydrogen) atoms. The molecule has 3 nitrogen and oxygen atoms in total. The highest BCUT2D eigenvalue weighted by Gasteiger charge is 2.33. The molecule has 1 aliphatic heterocycles. The Morgan fingerprint density at radius 1 is 1.33 bits per heavy atom. The van der Waals surface area contributed by atoms with Gasteiger partial charge in [0.05, 0.1) is 6.04 Å². The van der Waals surface area contributed by atoms with Gasteiger partial charge in [-0.25, -0.2) is 0 Å². The molecule has 0 fully saturated rings. The SMILES string of the molecule is C=CCN(CC=C)C1COc2ccc(C(C)C)cc2C1O. The molecule has 1 aromatic rings. The maximum atomic E-state index is 10.8. The van der Waals surface area contributed by atoms with E-state index in [4.69, 9.17) is 4.74 Å². The lowest BCUT2D eigenvalue weighted by Gasteiger charge is -2.37. The van der Waals surface area contributed by atoms with E-state index in [0.717, 1.165) is 11.3 Å². The zero-order valence-corrected chi connectivity index (χ0v) is 13.0. The van der Waals surface area contributed by atoms with Crippen LogP contribution < -0.4 is 4.74 Å². The van der Waals surface area contributed by atoms with Crippen LogP contribution in [0, 0.1) is 0 Å². The summed E-state index contributed by atoms with van der Waals surface area (Å²) in [6.45, 7) is 13.8. The first kappa shape index (κ1) is 15.8. The van der Waals surface area contributed by atoms with E-state index in [1.54, 1.807) is 0 Å². The summed E-state index contributed by atoms with van der Waals surface area (Å²) in [6.07, 6.45) is 3.14. The van der Waals surface area contributed by atoms with Crippen molar-refractivity contribution in [2.45, 2.75) is 31.9 Å². The lowest BCUT2D eigenvalue weighted by molar-refractivity contribution is 0.0134. The molecule has 0 saturated heterocycles. The van der Waals surface area contributed by atoms with Gasteiger partial charge in [-0.3, -0.25) is 4.90 Å². The van der Waals surface area contributed by atoms with Gasteiger partial charge < -0.3 is 9.84 Å². The Balaban J connectivity index is 2.28. The lowest BCUT2D eigenvalue weighted by Crippen LogP contribution is -2.46. The topological polar surface area (TPSA) is 32.7 Å². The Hall–Kier alpha value is -1.58. The molecule has 1 aromatic carbocycles. The molecule has 0 aliphatic carbocycles. The third-order valence-corrected chi connectivity index (χ3v) is 3.99. The van der Waals surface area contributed by atoms with Crippen molar-refractivity contribution in [3.63, 3.8) is 0 Å². The second kappa shape index (κ2) is 6.92. The molecule has 0 amide bonds. The summed E-state index contributed by atoms with van der Waals surface area (Å²) in [4.78, 5) is 2.13. The lowest BCUT2D eigenvalue weighted by atomic mass is 9.93. The van der Waals surface area contributed by atoms with Crippen LogP contribution in [-0.2, 0) is 0 Å². The van der Waals surface area contributed by atoms with Gasteiger partial charge in [-0.2, -0.15) is 0 Å². The van der Waals surface area contributed by atoms with Crippen LogP contribution in [0.15, 0.2) is 43.5 Å². The minimum atomic E-state index is -0.549. The van der Waals surface area contributed by atoms with Crippen molar-refractivity contribution in [1.29, 1.82) is 0 Å². The number of benzene rings is 1. The number of ether oxygens (including phenoxy) is 1. The summed E-state index contributed by atoms with van der Waals surface area (Å²) >= 11 is 0. The monoisotopic (exact) mass is 287 g/mol. The number of nitrogens with zero attached hydrogens (tertiary/aromatic N) is 1. The molecule has 114 valence electrons. The molecule has 0 radical (unpaired) electrons. The maximum Gasteiger partial charge on any atom is 0.125 e. The number of rotatable bonds is 6. The molecule has 0 bridgehead atoms. The summed E-state index contributed by atoms with van der Waals surface area (Å²) in [5, 5.41) is 10.8. The Morgan fingerprint density at radius 2 is 2.00 bits per heavy atom. The molecule has 1 aliphatic rings. The second-order valence-corrected chi connectivity index (χ2v) is 5.81. The summed E-state index contributed by atoms with van der Waals surface area (Å²) in [7, 11) is 0. The third-order valence-electron chi connectivity index (χ3n) is 3.99. The highest BCUT2D eigenvalue weighted by atomic mass is 16.5. The molecule has 0 saturated carbocycles. The molecule has 3 heteroatoms. The Labute approximate surface area is 127 Å². The molecular weight excluding hydrogens is 262 g/mol. The molecule has 0 aromatic heterocycles. The second-order valence-electron chi connectivity index (χ2n) is 5.81. The quantitative estimate of drug-likeness (QED) is 0.815. The summed E-state index contributed by atoms with van der Waals surface area (Å²) in [6, 6.07) is 6.03. The third kappa shape index (κ3) is 3.36. The van der Waals surface area contributed by atoms with Gasteiger partial charge in [0, 0.05) is 18.7 Å². The molecular formula is C18H25NO2. The van der Waals surface area contributed by atoms with E-state index < -0.39 is 6.10 Å². The van der Waals surface area contributed by atoms with Crippen LogP contribution >= 0.6 is 0 Å². The Kier molecular flexibility index (Phi) is 5.21. The minimum Gasteiger partial charge on any atom is -0.491 e. The average Bonchev–Trinajstić information content (AvgIpc) is 2.47. The van der Waals surface area contributed by atoms with Crippen LogP contribution in [0.5, 0.6) is 5.75 Å². The van der Waals surface area contributed by atoms with Crippen LogP contribution in [0.2, 0.25) is 0 Å². The molecule has 0 spiro atoms. The molecule has 2 atom stereocenters. The Morgan fingerprint density at radius 3 is 2.57 bits per heavy atom. The van der Waals surface area contributed by atoms with Gasteiger partial charge in [0.2, 0.25) is 0 Å². The molecule has 1 heterocycles. The fourth-order valence-electron chi connectivity index (χ4n) is 2.74. The van der Waals surface area contributed by atoms with E-state index in [2.05, 4.69) is 44.0 Å². The maximum absolute atomic E-state index is 10.8. The first-order valence-corrected chi connectivity index (χ1v) is 7.49. The first-order valence-electron chi connectivity index (χ1n) is 7.49. The number of hydrogen-bond donors (Lipinski definition) is 1. The van der Waals surface area contributed by atoms with Gasteiger partial charge >= 0.3 is 0 Å². The zero-order chi connectivity index (χ0) is 15.4. The fourth-order valence-corrected chi connectivity index (χ4v) is 2.74. The van der Waals surface area contributed by atoms with E-state index in [0.29, 0.717) is 25.6 Å². The van der Waals surface area contributed by atoms with Gasteiger partial charge in [0.15, 0.2) is 0 Å². The molecule has 2 unspecified atom stereocenters. The van der Waals surface area contributed by atoms with E-state index in [9.17, 15) is 5.11 Å². The van der Waals surface area contributed by atoms with Crippen LogP contribution in [0.25, 0.3) is 0 Å². The fraction of sp³-hybridized carbons (Fsp3) is 0.444. The molecule has 2 rings (SSSR count). The number of aliphatic hydroxyl groups excluding tert-OH is 1. The summed E-state index contributed by atoms with van der Waals surface area (Å²) in [5.41, 5.74) is 2.10. The van der Waals surface area contributed by atoms with E-state index in [1.165, 1.54) is 5.56 Å². The van der Waals surface area contributed by atoms with Crippen LogP contribution in [0.1, 0.15) is 37.0 Å². The smallest absolute Gasteiger partial charge is 0.125 e. The van der Waals surface area contributed by atoms with Gasteiger partial charge in [-0.1, -0.05) is 32.1 Å². The van der Waals surface area contributed by atoms with Crippen molar-refractivity contribution in [2.24, 2.45) is 0 Å². The standard InChI is InChI=1S/C18H25NO2/c1-5-9-19(10-6-2)16-12-21-17-8-7-14(13(3)4)11-15(17)18(16)20/h5-8,11,13,16,18,20H,1-2,9-10,12H2,3-4H3. The van der Waals surface area contributed by atoms with Gasteiger partial charge in [-0.05, 0) is 23.6 Å². The van der Waals surface area contributed by atoms with E-state index in [1.807, 2.05) is 18.2 Å². The predicted molar refractivity (Wildman–Crippen MR) is 86.7 cm³/mol. The van der Waals surface area contributed by atoms with E-state index >= 15 is 0 Å². The van der Waals surface area contributed by atoms with Crippen molar-refractivity contribution in [3.05, 3.63) is 54.6 Å². The Bertz CT molecular complexity index is 500. The zero-order valence-electron chi connectivity index (χ0n) is 13.0. The van der Waals surface area contributed by atoms with Gasteiger partial charge in [-0.15, -0.1) is 13.2 Å². The number of aliphatic hydroxyl groups is 1. The normalized spacial score (nSPS) is 21.0. The average molecular weight is 287 g/mol. The first-order chi connectivity index (χ1) is 10.1. The van der Waals surface area contributed by atoms with Crippen molar-refractivity contribution in [2.75, 3.05) is 19.7 Å². The number of hydrogen-bond acceptors (Lipinski definition) is 3. The van der Waals surface area contributed by atoms with Gasteiger partial charge in [0.25, 0.3) is 0 Å². The summed E-state index contributed by atoms with van der Waals surface area (Å²) < 4.78 is 5.84. The van der Waals surface area contributed by atoms with Crippen molar-refractivity contribution in [1.82, 2.24) is 4.90 Å². The minimum absolute atomic E-state index is 0.0732. The van der Waals surface area contributed by atoms with Crippen LogP contribution in [0.4, 0.5) is 0 Å². The van der Waals surface area contributed by atoms with Crippen molar-refractivity contribution in [3.8, 4) is 5.75 Å². The van der Waals surface area contributed by atoms with Gasteiger partial charge in [0.1, 0.15) is 18.5 Å². The van der Waals surface area contributed by atoms with Crippen LogP contribution in [0.3, 0.4) is 0 Å². The van der Waals surface area contributed by atoms with E-state index in [-0.39, 0.29) is 6.04 Å². The highest BCUT2D eigenvalue weighted by molar-refractivity contribution is 5.42.